The standard InChI is InChI=1S/C14H19NO4S.ClH/c1-19-14(16)12-2-4-13(5-3-12)20(17,18)10-11-6-8-15-9-7-11;/h2-5,11,15H,6-10H2,1H3;1H. The predicted octanol–water partition coefficient (Wildman–Crippen LogP) is 1.67. The minimum Gasteiger partial charge on any atom is -0.465 e. The highest BCUT2D eigenvalue weighted by Crippen LogP contribution is 2.20. The molecule has 2 rings (SSSR count). The Hall–Kier alpha value is -1.11. The van der Waals surface area contributed by atoms with Crippen LogP contribution in [0.1, 0.15) is 23.2 Å². The summed E-state index contributed by atoms with van der Waals surface area (Å²) in [6, 6.07) is 5.92. The molecule has 0 radical (unpaired) electrons. The normalized spacial score (nSPS) is 16.0. The molecule has 0 aliphatic carbocycles. The highest BCUT2D eigenvalue weighted by Gasteiger charge is 2.23. The fraction of sp³-hybridized carbons (Fsp3) is 0.500. The molecule has 0 spiro atoms. The van der Waals surface area contributed by atoms with Crippen LogP contribution in [0.3, 0.4) is 0 Å². The molecule has 0 unspecified atom stereocenters. The van der Waals surface area contributed by atoms with E-state index >= 15 is 0 Å². The van der Waals surface area contributed by atoms with Crippen LogP contribution in [0.2, 0.25) is 0 Å². The summed E-state index contributed by atoms with van der Waals surface area (Å²) in [5.74, 6) is -0.0828. The first kappa shape index (κ1) is 17.9. The van der Waals surface area contributed by atoms with Gasteiger partial charge in [0.2, 0.25) is 0 Å². The first-order chi connectivity index (χ1) is 9.53. The van der Waals surface area contributed by atoms with Gasteiger partial charge in [-0.3, -0.25) is 0 Å². The summed E-state index contributed by atoms with van der Waals surface area (Å²) >= 11 is 0. The summed E-state index contributed by atoms with van der Waals surface area (Å²) in [6.45, 7) is 1.75. The highest BCUT2D eigenvalue weighted by molar-refractivity contribution is 7.91. The Balaban J connectivity index is 0.00000220. The van der Waals surface area contributed by atoms with Gasteiger partial charge in [0.15, 0.2) is 9.84 Å². The fourth-order valence-electron chi connectivity index (χ4n) is 2.37. The summed E-state index contributed by atoms with van der Waals surface area (Å²) in [5, 5.41) is 3.22. The van der Waals surface area contributed by atoms with Gasteiger partial charge in [-0.05, 0) is 56.1 Å². The molecule has 1 aliphatic rings. The van der Waals surface area contributed by atoms with Crippen molar-refractivity contribution in [2.45, 2.75) is 17.7 Å². The van der Waals surface area contributed by atoms with Crippen LogP contribution >= 0.6 is 12.4 Å². The third-order valence-corrected chi connectivity index (χ3v) is 5.45. The van der Waals surface area contributed by atoms with Crippen LogP contribution in [0.15, 0.2) is 29.2 Å². The Morgan fingerprint density at radius 1 is 1.24 bits per heavy atom. The van der Waals surface area contributed by atoms with Gasteiger partial charge in [-0.2, -0.15) is 0 Å². The Bertz CT molecular complexity index is 565. The smallest absolute Gasteiger partial charge is 0.337 e. The minimum atomic E-state index is -3.29. The quantitative estimate of drug-likeness (QED) is 0.848. The second-order valence-electron chi connectivity index (χ2n) is 4.99. The number of esters is 1. The number of benzene rings is 1. The predicted molar refractivity (Wildman–Crippen MR) is 82.7 cm³/mol. The first-order valence-corrected chi connectivity index (χ1v) is 8.30. The van der Waals surface area contributed by atoms with Crippen LogP contribution in [0.25, 0.3) is 0 Å². The first-order valence-electron chi connectivity index (χ1n) is 6.65. The zero-order valence-corrected chi connectivity index (χ0v) is 13.5. The van der Waals surface area contributed by atoms with Crippen LogP contribution in [0.4, 0.5) is 0 Å². The lowest BCUT2D eigenvalue weighted by Gasteiger charge is -2.22. The summed E-state index contributed by atoms with van der Waals surface area (Å²) in [5.41, 5.74) is 0.355. The number of methoxy groups -OCH3 is 1. The molecule has 1 aliphatic heterocycles. The average Bonchev–Trinajstić information content (AvgIpc) is 2.47. The van der Waals surface area contributed by atoms with Crippen molar-refractivity contribution in [2.75, 3.05) is 26.0 Å². The van der Waals surface area contributed by atoms with Gasteiger partial charge in [0.05, 0.1) is 23.3 Å². The molecule has 0 atom stereocenters. The largest absolute Gasteiger partial charge is 0.465 e. The lowest BCUT2D eigenvalue weighted by atomic mass is 10.0. The number of hydrogen-bond donors (Lipinski definition) is 1. The molecule has 0 saturated carbocycles. The minimum absolute atomic E-state index is 0. The summed E-state index contributed by atoms with van der Waals surface area (Å²) in [6.07, 6.45) is 1.78. The van der Waals surface area contributed by atoms with E-state index in [0.717, 1.165) is 25.9 Å². The van der Waals surface area contributed by atoms with Crippen molar-refractivity contribution < 1.29 is 17.9 Å². The average molecular weight is 334 g/mol. The van der Waals surface area contributed by atoms with Crippen molar-refractivity contribution in [1.82, 2.24) is 5.32 Å². The molecule has 0 amide bonds. The molecule has 5 nitrogen and oxygen atoms in total. The van der Waals surface area contributed by atoms with Gasteiger partial charge in [-0.1, -0.05) is 0 Å². The molecule has 1 saturated heterocycles. The van der Waals surface area contributed by atoms with Gasteiger partial charge < -0.3 is 10.1 Å². The van der Waals surface area contributed by atoms with Crippen LogP contribution in [-0.4, -0.2) is 40.3 Å². The number of halogens is 1. The number of carbonyl (C=O) groups is 1. The summed E-state index contributed by atoms with van der Waals surface area (Å²) < 4.78 is 29.2. The number of sulfone groups is 1. The molecule has 1 aromatic rings. The topological polar surface area (TPSA) is 72.5 Å². The number of carbonyl (C=O) groups excluding carboxylic acids is 1. The monoisotopic (exact) mass is 333 g/mol. The molecule has 118 valence electrons. The maximum Gasteiger partial charge on any atom is 0.337 e. The van der Waals surface area contributed by atoms with Crippen molar-refractivity contribution in [3.63, 3.8) is 0 Å². The SMILES string of the molecule is COC(=O)c1ccc(S(=O)(=O)CC2CCNCC2)cc1.Cl. The third kappa shape index (κ3) is 4.69. The van der Waals surface area contributed by atoms with E-state index in [0.29, 0.717) is 5.56 Å². The molecule has 1 aromatic carbocycles. The maximum absolute atomic E-state index is 12.3. The Morgan fingerprint density at radius 3 is 2.33 bits per heavy atom. The number of piperidine rings is 1. The van der Waals surface area contributed by atoms with E-state index in [1.165, 1.54) is 31.4 Å². The summed E-state index contributed by atoms with van der Waals surface area (Å²) in [4.78, 5) is 11.6. The van der Waals surface area contributed by atoms with Gasteiger partial charge in [-0.25, -0.2) is 13.2 Å². The lowest BCUT2D eigenvalue weighted by Crippen LogP contribution is -2.31. The van der Waals surface area contributed by atoms with E-state index in [1.54, 1.807) is 0 Å². The number of rotatable bonds is 4. The zero-order chi connectivity index (χ0) is 14.6. The van der Waals surface area contributed by atoms with Gasteiger partial charge in [-0.15, -0.1) is 12.4 Å². The number of ether oxygens (including phenoxy) is 1. The van der Waals surface area contributed by atoms with Crippen molar-refractivity contribution in [2.24, 2.45) is 5.92 Å². The van der Waals surface area contributed by atoms with E-state index in [4.69, 9.17) is 0 Å². The van der Waals surface area contributed by atoms with Crippen molar-refractivity contribution in [3.8, 4) is 0 Å². The van der Waals surface area contributed by atoms with Crippen LogP contribution in [0, 0.1) is 5.92 Å². The Morgan fingerprint density at radius 2 is 1.81 bits per heavy atom. The molecular formula is C14H20ClNO4S. The van der Waals surface area contributed by atoms with E-state index in [-0.39, 0.29) is 29.0 Å². The van der Waals surface area contributed by atoms with E-state index in [2.05, 4.69) is 10.1 Å². The van der Waals surface area contributed by atoms with Gasteiger partial charge in [0.1, 0.15) is 0 Å². The molecule has 0 bridgehead atoms. The van der Waals surface area contributed by atoms with E-state index in [9.17, 15) is 13.2 Å². The molecule has 1 fully saturated rings. The molecule has 21 heavy (non-hydrogen) atoms. The third-order valence-electron chi connectivity index (χ3n) is 3.55. The lowest BCUT2D eigenvalue weighted by molar-refractivity contribution is 0.0600. The summed E-state index contributed by atoms with van der Waals surface area (Å²) in [7, 11) is -1.99. The fourth-order valence-corrected chi connectivity index (χ4v) is 4.07. The van der Waals surface area contributed by atoms with E-state index < -0.39 is 15.8 Å². The van der Waals surface area contributed by atoms with Gasteiger partial charge in [0.25, 0.3) is 0 Å². The number of hydrogen-bond acceptors (Lipinski definition) is 5. The van der Waals surface area contributed by atoms with Crippen molar-refractivity contribution in [1.29, 1.82) is 0 Å². The highest BCUT2D eigenvalue weighted by atomic mass is 35.5. The van der Waals surface area contributed by atoms with Gasteiger partial charge in [0, 0.05) is 0 Å². The molecule has 0 aromatic heterocycles. The van der Waals surface area contributed by atoms with Crippen LogP contribution < -0.4 is 5.32 Å². The zero-order valence-electron chi connectivity index (χ0n) is 11.9. The van der Waals surface area contributed by atoms with E-state index in [1.807, 2.05) is 0 Å². The maximum atomic E-state index is 12.3. The molecule has 1 heterocycles. The van der Waals surface area contributed by atoms with Gasteiger partial charge >= 0.3 is 5.97 Å². The second-order valence-corrected chi connectivity index (χ2v) is 7.02. The Kier molecular flexibility index (Phi) is 6.64. The van der Waals surface area contributed by atoms with Crippen molar-refractivity contribution >= 4 is 28.2 Å². The molecule has 1 N–H and O–H groups in total. The number of nitrogens with one attached hydrogen (secondary N) is 1. The molecular weight excluding hydrogens is 314 g/mol. The van der Waals surface area contributed by atoms with Crippen molar-refractivity contribution in [3.05, 3.63) is 29.8 Å². The Labute approximate surface area is 131 Å². The second kappa shape index (κ2) is 7.77. The molecule has 7 heteroatoms. The van der Waals surface area contributed by atoms with Crippen LogP contribution in [0.5, 0.6) is 0 Å². The van der Waals surface area contributed by atoms with Crippen LogP contribution in [-0.2, 0) is 14.6 Å².